The largest absolute Gasteiger partial charge is 0.497 e. The third kappa shape index (κ3) is 4.35. The molecule has 1 aromatic rings. The standard InChI is InChI=1S/C16H23NO3.ClH/c1-3-20-15(18)16(10-4-5-11-17-16)12-13-6-8-14(19-2)9-7-13;/h6-9,17H,3-5,10-12H2,1-2H3;1H. The molecule has 0 radical (unpaired) electrons. The van der Waals surface area contributed by atoms with Crippen LogP contribution in [0.4, 0.5) is 0 Å². The number of esters is 1. The fourth-order valence-electron chi connectivity index (χ4n) is 2.73. The van der Waals surface area contributed by atoms with Crippen molar-refractivity contribution in [2.24, 2.45) is 0 Å². The van der Waals surface area contributed by atoms with Crippen molar-refractivity contribution in [3.05, 3.63) is 29.8 Å². The van der Waals surface area contributed by atoms with Gasteiger partial charge in [0, 0.05) is 6.42 Å². The molecule has 5 heteroatoms. The van der Waals surface area contributed by atoms with Gasteiger partial charge in [-0.2, -0.15) is 0 Å². The minimum atomic E-state index is -0.567. The molecule has 1 heterocycles. The summed E-state index contributed by atoms with van der Waals surface area (Å²) in [4.78, 5) is 12.3. The monoisotopic (exact) mass is 313 g/mol. The predicted octanol–water partition coefficient (Wildman–Crippen LogP) is 2.73. The molecule has 1 fully saturated rings. The number of carbonyl (C=O) groups is 1. The van der Waals surface area contributed by atoms with E-state index in [1.165, 1.54) is 0 Å². The van der Waals surface area contributed by atoms with Gasteiger partial charge in [0.25, 0.3) is 0 Å². The third-order valence-electron chi connectivity index (χ3n) is 3.82. The quantitative estimate of drug-likeness (QED) is 0.849. The Hall–Kier alpha value is -1.26. The van der Waals surface area contributed by atoms with Crippen LogP contribution in [0.3, 0.4) is 0 Å². The molecule has 21 heavy (non-hydrogen) atoms. The first-order valence-electron chi connectivity index (χ1n) is 7.25. The average molecular weight is 314 g/mol. The average Bonchev–Trinajstić information content (AvgIpc) is 2.49. The highest BCUT2D eigenvalue weighted by Gasteiger charge is 2.40. The van der Waals surface area contributed by atoms with Gasteiger partial charge in [-0.25, -0.2) is 0 Å². The molecule has 1 aliphatic rings. The molecule has 118 valence electrons. The first kappa shape index (κ1) is 17.8. The molecule has 0 saturated carbocycles. The number of halogens is 1. The van der Waals surface area contributed by atoms with Gasteiger partial charge in [0.2, 0.25) is 0 Å². The molecule has 1 N–H and O–H groups in total. The van der Waals surface area contributed by atoms with Crippen molar-refractivity contribution < 1.29 is 14.3 Å². The minimum Gasteiger partial charge on any atom is -0.497 e. The Bertz CT molecular complexity index is 441. The summed E-state index contributed by atoms with van der Waals surface area (Å²) >= 11 is 0. The maximum Gasteiger partial charge on any atom is 0.326 e. The van der Waals surface area contributed by atoms with Crippen LogP contribution < -0.4 is 10.1 Å². The van der Waals surface area contributed by atoms with E-state index in [0.29, 0.717) is 13.0 Å². The highest BCUT2D eigenvalue weighted by atomic mass is 35.5. The lowest BCUT2D eigenvalue weighted by Gasteiger charge is -2.36. The van der Waals surface area contributed by atoms with Crippen molar-refractivity contribution >= 4 is 18.4 Å². The highest BCUT2D eigenvalue weighted by Crippen LogP contribution is 2.26. The second-order valence-electron chi connectivity index (χ2n) is 5.21. The second-order valence-corrected chi connectivity index (χ2v) is 5.21. The maximum atomic E-state index is 12.3. The van der Waals surface area contributed by atoms with Crippen molar-refractivity contribution in [1.82, 2.24) is 5.32 Å². The van der Waals surface area contributed by atoms with Crippen molar-refractivity contribution in [3.63, 3.8) is 0 Å². The van der Waals surface area contributed by atoms with Crippen LogP contribution in [0.15, 0.2) is 24.3 Å². The van der Waals surface area contributed by atoms with Crippen molar-refractivity contribution in [1.29, 1.82) is 0 Å². The topological polar surface area (TPSA) is 47.6 Å². The Morgan fingerprint density at radius 1 is 1.29 bits per heavy atom. The lowest BCUT2D eigenvalue weighted by molar-refractivity contribution is -0.152. The fraction of sp³-hybridized carbons (Fsp3) is 0.562. The van der Waals surface area contributed by atoms with Gasteiger partial charge in [0.05, 0.1) is 13.7 Å². The molecule has 0 aliphatic carbocycles. The Morgan fingerprint density at radius 2 is 2.00 bits per heavy atom. The Kier molecular flexibility index (Phi) is 6.99. The fourth-order valence-corrected chi connectivity index (χ4v) is 2.73. The first-order valence-corrected chi connectivity index (χ1v) is 7.25. The summed E-state index contributed by atoms with van der Waals surface area (Å²) in [6.07, 6.45) is 3.67. The number of hydrogen-bond donors (Lipinski definition) is 1. The van der Waals surface area contributed by atoms with Gasteiger partial charge >= 0.3 is 5.97 Å². The number of ether oxygens (including phenoxy) is 2. The summed E-state index contributed by atoms with van der Waals surface area (Å²) in [6, 6.07) is 7.88. The lowest BCUT2D eigenvalue weighted by Crippen LogP contribution is -2.57. The lowest BCUT2D eigenvalue weighted by atomic mass is 9.83. The van der Waals surface area contributed by atoms with E-state index in [2.05, 4.69) is 5.32 Å². The molecule has 1 aromatic carbocycles. The van der Waals surface area contributed by atoms with E-state index in [1.807, 2.05) is 31.2 Å². The molecule has 0 amide bonds. The van der Waals surface area contributed by atoms with Crippen LogP contribution in [0.25, 0.3) is 0 Å². The van der Waals surface area contributed by atoms with Gasteiger partial charge < -0.3 is 14.8 Å². The van der Waals surface area contributed by atoms with Crippen molar-refractivity contribution in [3.8, 4) is 5.75 Å². The van der Waals surface area contributed by atoms with Crippen LogP contribution in [0, 0.1) is 0 Å². The van der Waals surface area contributed by atoms with E-state index in [1.54, 1.807) is 7.11 Å². The van der Waals surface area contributed by atoms with Crippen LogP contribution >= 0.6 is 12.4 Å². The number of hydrogen-bond acceptors (Lipinski definition) is 4. The van der Waals surface area contributed by atoms with Crippen LogP contribution in [-0.4, -0.2) is 31.8 Å². The molecular formula is C16H24ClNO3. The smallest absolute Gasteiger partial charge is 0.326 e. The molecule has 1 aliphatic heterocycles. The molecule has 0 bridgehead atoms. The maximum absolute atomic E-state index is 12.3. The van der Waals surface area contributed by atoms with E-state index in [9.17, 15) is 4.79 Å². The molecular weight excluding hydrogens is 290 g/mol. The van der Waals surface area contributed by atoms with E-state index < -0.39 is 5.54 Å². The van der Waals surface area contributed by atoms with Crippen LogP contribution in [0.1, 0.15) is 31.7 Å². The van der Waals surface area contributed by atoms with Crippen molar-refractivity contribution in [2.75, 3.05) is 20.3 Å². The van der Waals surface area contributed by atoms with Gasteiger partial charge in [-0.05, 0) is 50.4 Å². The Balaban J connectivity index is 0.00000220. The molecule has 1 saturated heterocycles. The first-order chi connectivity index (χ1) is 9.70. The number of piperidine rings is 1. The van der Waals surface area contributed by atoms with Gasteiger partial charge in [-0.1, -0.05) is 12.1 Å². The van der Waals surface area contributed by atoms with Crippen molar-refractivity contribution in [2.45, 2.75) is 38.1 Å². The second kappa shape index (κ2) is 8.25. The number of nitrogens with one attached hydrogen (secondary N) is 1. The molecule has 1 unspecified atom stereocenters. The molecule has 4 nitrogen and oxygen atoms in total. The van der Waals surface area contributed by atoms with E-state index in [0.717, 1.165) is 37.1 Å². The summed E-state index contributed by atoms with van der Waals surface area (Å²) in [5.74, 6) is 0.700. The van der Waals surface area contributed by atoms with Gasteiger partial charge in [-0.3, -0.25) is 4.79 Å². The summed E-state index contributed by atoms with van der Waals surface area (Å²) in [7, 11) is 1.65. The zero-order valence-corrected chi connectivity index (χ0v) is 13.5. The van der Waals surface area contributed by atoms with Crippen LogP contribution in [0.2, 0.25) is 0 Å². The highest BCUT2D eigenvalue weighted by molar-refractivity contribution is 5.85. The molecule has 0 spiro atoms. The van der Waals surface area contributed by atoms with Gasteiger partial charge in [0.1, 0.15) is 11.3 Å². The van der Waals surface area contributed by atoms with Gasteiger partial charge in [0.15, 0.2) is 0 Å². The Morgan fingerprint density at radius 3 is 2.52 bits per heavy atom. The SMILES string of the molecule is CCOC(=O)C1(Cc2ccc(OC)cc2)CCCCN1.Cl. The summed E-state index contributed by atoms with van der Waals surface area (Å²) in [5, 5.41) is 3.39. The minimum absolute atomic E-state index is 0. The number of carbonyl (C=O) groups excluding carboxylic acids is 1. The molecule has 0 aromatic heterocycles. The van der Waals surface area contributed by atoms with E-state index in [4.69, 9.17) is 9.47 Å². The number of rotatable bonds is 5. The number of methoxy groups -OCH3 is 1. The molecule has 2 rings (SSSR count). The van der Waals surface area contributed by atoms with Gasteiger partial charge in [-0.15, -0.1) is 12.4 Å². The third-order valence-corrected chi connectivity index (χ3v) is 3.82. The zero-order chi connectivity index (χ0) is 14.4. The predicted molar refractivity (Wildman–Crippen MR) is 85.2 cm³/mol. The summed E-state index contributed by atoms with van der Waals surface area (Å²) < 4.78 is 10.4. The zero-order valence-electron chi connectivity index (χ0n) is 12.7. The Labute approximate surface area is 132 Å². The van der Waals surface area contributed by atoms with Crippen LogP contribution in [0.5, 0.6) is 5.75 Å². The van der Waals surface area contributed by atoms with Crippen LogP contribution in [-0.2, 0) is 16.0 Å². The normalized spacial score (nSPS) is 21.2. The number of benzene rings is 1. The summed E-state index contributed by atoms with van der Waals surface area (Å²) in [6.45, 7) is 3.14. The van der Waals surface area contributed by atoms with E-state index >= 15 is 0 Å². The summed E-state index contributed by atoms with van der Waals surface area (Å²) in [5.41, 5.74) is 0.552. The van der Waals surface area contributed by atoms with E-state index in [-0.39, 0.29) is 18.4 Å². The molecule has 1 atom stereocenters.